The lowest BCUT2D eigenvalue weighted by atomic mass is 10.2. The zero-order valence-electron chi connectivity index (χ0n) is 18.7. The highest BCUT2D eigenvalue weighted by molar-refractivity contribution is 7.99. The van der Waals surface area contributed by atoms with Crippen LogP contribution in [0.4, 0.5) is 5.69 Å². The SMILES string of the molecule is COc1ccc(OC)c(NC(=O)CSc2nnc(CNS(=O)(=O)c3ccc(C)cc3)n2C)c1. The second-order valence-corrected chi connectivity index (χ2v) is 9.71. The number of sulfonamides is 1. The third-order valence-electron chi connectivity index (χ3n) is 4.69. The second kappa shape index (κ2) is 10.7. The molecule has 10 nitrogen and oxygen atoms in total. The molecule has 1 amide bonds. The molecule has 33 heavy (non-hydrogen) atoms. The first-order chi connectivity index (χ1) is 15.7. The summed E-state index contributed by atoms with van der Waals surface area (Å²) in [6, 6.07) is 11.7. The Morgan fingerprint density at radius 3 is 2.48 bits per heavy atom. The van der Waals surface area contributed by atoms with E-state index in [9.17, 15) is 13.2 Å². The predicted molar refractivity (Wildman–Crippen MR) is 125 cm³/mol. The minimum Gasteiger partial charge on any atom is -0.497 e. The van der Waals surface area contributed by atoms with Crippen LogP contribution in [0.3, 0.4) is 0 Å². The molecule has 0 unspecified atom stereocenters. The number of hydrogen-bond donors (Lipinski definition) is 2. The van der Waals surface area contributed by atoms with Crippen molar-refractivity contribution in [3.8, 4) is 11.5 Å². The number of hydrogen-bond acceptors (Lipinski definition) is 8. The summed E-state index contributed by atoms with van der Waals surface area (Å²) < 4.78 is 39.6. The Bertz CT molecular complexity index is 1230. The number of carbonyl (C=O) groups excluding carboxylic acids is 1. The number of amides is 1. The van der Waals surface area contributed by atoms with Crippen LogP contribution in [0.1, 0.15) is 11.4 Å². The first-order valence-corrected chi connectivity index (χ1v) is 12.3. The molecule has 176 valence electrons. The molecular formula is C21H25N5O5S2. The van der Waals surface area contributed by atoms with Gasteiger partial charge in [-0.25, -0.2) is 13.1 Å². The van der Waals surface area contributed by atoms with Gasteiger partial charge in [-0.05, 0) is 31.2 Å². The summed E-state index contributed by atoms with van der Waals surface area (Å²) in [5.74, 6) is 1.32. The third-order valence-corrected chi connectivity index (χ3v) is 7.13. The van der Waals surface area contributed by atoms with Crippen LogP contribution in [0, 0.1) is 6.92 Å². The van der Waals surface area contributed by atoms with Crippen molar-refractivity contribution in [1.82, 2.24) is 19.5 Å². The van der Waals surface area contributed by atoms with Crippen molar-refractivity contribution in [3.63, 3.8) is 0 Å². The van der Waals surface area contributed by atoms with Gasteiger partial charge in [0, 0.05) is 13.1 Å². The Balaban J connectivity index is 1.59. The smallest absolute Gasteiger partial charge is 0.240 e. The van der Waals surface area contributed by atoms with E-state index in [0.29, 0.717) is 28.2 Å². The van der Waals surface area contributed by atoms with E-state index in [1.807, 2.05) is 6.92 Å². The Morgan fingerprint density at radius 1 is 1.09 bits per heavy atom. The van der Waals surface area contributed by atoms with Crippen molar-refractivity contribution < 1.29 is 22.7 Å². The highest BCUT2D eigenvalue weighted by atomic mass is 32.2. The molecule has 0 atom stereocenters. The van der Waals surface area contributed by atoms with Gasteiger partial charge in [0.15, 0.2) is 5.16 Å². The summed E-state index contributed by atoms with van der Waals surface area (Å²) in [5.41, 5.74) is 1.46. The molecule has 1 heterocycles. The lowest BCUT2D eigenvalue weighted by Crippen LogP contribution is -2.24. The maximum absolute atomic E-state index is 12.5. The normalized spacial score (nSPS) is 11.3. The number of anilines is 1. The number of methoxy groups -OCH3 is 2. The monoisotopic (exact) mass is 491 g/mol. The molecule has 12 heteroatoms. The minimum absolute atomic E-state index is 0.0343. The number of aryl methyl sites for hydroxylation is 1. The van der Waals surface area contributed by atoms with Gasteiger partial charge < -0.3 is 19.4 Å². The third kappa shape index (κ3) is 6.24. The van der Waals surface area contributed by atoms with Crippen LogP contribution < -0.4 is 19.5 Å². The standard InChI is InChI=1S/C21H25N5O5S2/c1-14-5-8-16(9-6-14)33(28,29)22-12-19-24-25-21(26(19)2)32-13-20(27)23-17-11-15(30-3)7-10-18(17)31-4/h5-11,22H,12-13H2,1-4H3,(H,23,27). The number of ether oxygens (including phenoxy) is 2. The van der Waals surface area contributed by atoms with E-state index >= 15 is 0 Å². The molecule has 0 fully saturated rings. The fourth-order valence-corrected chi connectivity index (χ4v) is 4.52. The van der Waals surface area contributed by atoms with Crippen molar-refractivity contribution >= 4 is 33.4 Å². The summed E-state index contributed by atoms with van der Waals surface area (Å²) in [5, 5.41) is 11.4. The van der Waals surface area contributed by atoms with E-state index in [4.69, 9.17) is 9.47 Å². The summed E-state index contributed by atoms with van der Waals surface area (Å²) in [6.07, 6.45) is 0. The maximum atomic E-state index is 12.5. The van der Waals surface area contributed by atoms with Crippen LogP contribution in [-0.2, 0) is 28.4 Å². The second-order valence-electron chi connectivity index (χ2n) is 7.00. The van der Waals surface area contributed by atoms with E-state index in [1.54, 1.807) is 54.1 Å². The molecule has 0 spiro atoms. The van der Waals surface area contributed by atoms with Crippen molar-refractivity contribution in [2.75, 3.05) is 25.3 Å². The number of carbonyl (C=O) groups is 1. The van der Waals surface area contributed by atoms with Gasteiger partial charge in [-0.3, -0.25) is 4.79 Å². The van der Waals surface area contributed by atoms with Gasteiger partial charge in [0.05, 0.1) is 37.1 Å². The molecule has 0 aliphatic carbocycles. The fraction of sp³-hybridized carbons (Fsp3) is 0.286. The molecule has 1 aromatic heterocycles. The largest absolute Gasteiger partial charge is 0.497 e. The van der Waals surface area contributed by atoms with E-state index in [-0.39, 0.29) is 23.1 Å². The van der Waals surface area contributed by atoms with Gasteiger partial charge in [0.1, 0.15) is 17.3 Å². The Hall–Kier alpha value is -3.09. The topological polar surface area (TPSA) is 124 Å². The lowest BCUT2D eigenvalue weighted by molar-refractivity contribution is -0.113. The lowest BCUT2D eigenvalue weighted by Gasteiger charge is -2.11. The predicted octanol–water partition coefficient (Wildman–Crippen LogP) is 2.35. The maximum Gasteiger partial charge on any atom is 0.240 e. The van der Waals surface area contributed by atoms with Crippen LogP contribution in [0.2, 0.25) is 0 Å². The quantitative estimate of drug-likeness (QED) is 0.414. The summed E-state index contributed by atoms with van der Waals surface area (Å²) in [4.78, 5) is 12.6. The molecular weight excluding hydrogens is 466 g/mol. The summed E-state index contributed by atoms with van der Waals surface area (Å²) in [7, 11) is 1.08. The number of nitrogens with one attached hydrogen (secondary N) is 2. The Kier molecular flexibility index (Phi) is 7.95. The van der Waals surface area contributed by atoms with Crippen LogP contribution in [0.25, 0.3) is 0 Å². The molecule has 2 aromatic carbocycles. The Morgan fingerprint density at radius 2 is 1.82 bits per heavy atom. The molecule has 0 radical (unpaired) electrons. The number of rotatable bonds is 10. The van der Waals surface area contributed by atoms with Gasteiger partial charge in [-0.2, -0.15) is 0 Å². The number of thioether (sulfide) groups is 1. The van der Waals surface area contributed by atoms with E-state index < -0.39 is 10.0 Å². The molecule has 3 aromatic rings. The zero-order valence-corrected chi connectivity index (χ0v) is 20.3. The molecule has 0 aliphatic heterocycles. The van der Waals surface area contributed by atoms with Crippen molar-refractivity contribution in [2.45, 2.75) is 23.5 Å². The number of benzene rings is 2. The highest BCUT2D eigenvalue weighted by Crippen LogP contribution is 2.29. The van der Waals surface area contributed by atoms with Crippen LogP contribution in [-0.4, -0.2) is 49.1 Å². The summed E-state index contributed by atoms with van der Waals surface area (Å²) >= 11 is 1.18. The van der Waals surface area contributed by atoms with Crippen molar-refractivity contribution in [1.29, 1.82) is 0 Å². The van der Waals surface area contributed by atoms with Gasteiger partial charge in [0.2, 0.25) is 15.9 Å². The molecule has 0 saturated carbocycles. The zero-order chi connectivity index (χ0) is 24.0. The fourth-order valence-electron chi connectivity index (χ4n) is 2.81. The van der Waals surface area contributed by atoms with Gasteiger partial charge >= 0.3 is 0 Å². The first kappa shape index (κ1) is 24.6. The van der Waals surface area contributed by atoms with Crippen molar-refractivity contribution in [2.24, 2.45) is 7.05 Å². The molecule has 0 bridgehead atoms. The minimum atomic E-state index is -3.68. The summed E-state index contributed by atoms with van der Waals surface area (Å²) in [6.45, 7) is 1.85. The molecule has 3 rings (SSSR count). The van der Waals surface area contributed by atoms with Gasteiger partial charge in [0.25, 0.3) is 0 Å². The van der Waals surface area contributed by atoms with Crippen LogP contribution >= 0.6 is 11.8 Å². The Labute approximate surface area is 196 Å². The van der Waals surface area contributed by atoms with Gasteiger partial charge in [-0.1, -0.05) is 29.5 Å². The molecule has 0 saturated heterocycles. The highest BCUT2D eigenvalue weighted by Gasteiger charge is 2.17. The van der Waals surface area contributed by atoms with Gasteiger partial charge in [-0.15, -0.1) is 10.2 Å². The van der Waals surface area contributed by atoms with Crippen LogP contribution in [0.5, 0.6) is 11.5 Å². The van der Waals surface area contributed by atoms with E-state index in [2.05, 4.69) is 20.2 Å². The van der Waals surface area contributed by atoms with Crippen LogP contribution in [0.15, 0.2) is 52.5 Å². The average molecular weight is 492 g/mol. The van der Waals surface area contributed by atoms with E-state index in [1.165, 1.54) is 26.0 Å². The first-order valence-electron chi connectivity index (χ1n) is 9.82. The van der Waals surface area contributed by atoms with E-state index in [0.717, 1.165) is 5.56 Å². The average Bonchev–Trinajstić information content (AvgIpc) is 3.16. The number of aromatic nitrogens is 3. The molecule has 0 aliphatic rings. The number of nitrogens with zero attached hydrogens (tertiary/aromatic N) is 3. The molecule has 2 N–H and O–H groups in total. The van der Waals surface area contributed by atoms with Crippen molar-refractivity contribution in [3.05, 3.63) is 53.9 Å².